The molecule has 1 aromatic heterocycles. The third kappa shape index (κ3) is 2.32. The van der Waals surface area contributed by atoms with Crippen LogP contribution in [0.2, 0.25) is 0 Å². The average Bonchev–Trinajstić information content (AvgIpc) is 2.21. The molecule has 1 N–H and O–H groups in total. The van der Waals surface area contributed by atoms with Crippen LogP contribution in [0.15, 0.2) is 11.0 Å². The van der Waals surface area contributed by atoms with Gasteiger partial charge in [0, 0.05) is 12.1 Å². The third-order valence-corrected chi connectivity index (χ3v) is 2.39. The van der Waals surface area contributed by atoms with Gasteiger partial charge in [-0.3, -0.25) is 14.9 Å². The molecule has 1 aromatic rings. The zero-order valence-corrected chi connectivity index (χ0v) is 9.47. The molecule has 0 fully saturated rings. The van der Waals surface area contributed by atoms with Crippen molar-refractivity contribution in [1.29, 1.82) is 0 Å². The Morgan fingerprint density at radius 1 is 1.59 bits per heavy atom. The molecule has 0 spiro atoms. The molecule has 17 heavy (non-hydrogen) atoms. The molecule has 0 atom stereocenters. The second kappa shape index (κ2) is 4.77. The fourth-order valence-electron chi connectivity index (χ4n) is 1.58. The second-order valence-corrected chi connectivity index (χ2v) is 3.58. The topological polar surface area (TPSA) is 102 Å². The van der Waals surface area contributed by atoms with Crippen molar-refractivity contribution in [1.82, 2.24) is 4.57 Å². The number of hydrogen-bond acceptors (Lipinski definition) is 4. The molecule has 1 rings (SSSR count). The summed E-state index contributed by atoms with van der Waals surface area (Å²) in [5.74, 6) is -1.44. The maximum atomic E-state index is 11.8. The lowest BCUT2D eigenvalue weighted by Crippen LogP contribution is -2.28. The molecule has 7 nitrogen and oxygen atoms in total. The van der Waals surface area contributed by atoms with Crippen LogP contribution in [-0.4, -0.2) is 20.6 Å². The minimum absolute atomic E-state index is 0.111. The molecule has 7 heteroatoms. The van der Waals surface area contributed by atoms with E-state index in [1.165, 1.54) is 6.92 Å². The zero-order valence-electron chi connectivity index (χ0n) is 9.47. The number of carboxylic acids is 1. The van der Waals surface area contributed by atoms with Crippen molar-refractivity contribution >= 4 is 11.7 Å². The van der Waals surface area contributed by atoms with Crippen LogP contribution >= 0.6 is 0 Å². The van der Waals surface area contributed by atoms with Gasteiger partial charge in [-0.15, -0.1) is 0 Å². The highest BCUT2D eigenvalue weighted by Gasteiger charge is 2.23. The van der Waals surface area contributed by atoms with Crippen LogP contribution < -0.4 is 5.56 Å². The van der Waals surface area contributed by atoms with E-state index in [2.05, 4.69) is 0 Å². The van der Waals surface area contributed by atoms with Crippen molar-refractivity contribution in [2.45, 2.75) is 26.8 Å². The Labute approximate surface area is 96.5 Å². The molecule has 0 radical (unpaired) electrons. The Bertz CT molecular complexity index is 532. The average molecular weight is 240 g/mol. The standard InChI is InChI=1S/C10H12N2O5/c1-3-4-11-5-7(12(16)17)6(2)8(9(11)13)10(14)15/h5H,3-4H2,1-2H3,(H,14,15). The van der Waals surface area contributed by atoms with Crippen LogP contribution in [0.3, 0.4) is 0 Å². The zero-order chi connectivity index (χ0) is 13.2. The first-order chi connectivity index (χ1) is 7.90. The highest BCUT2D eigenvalue weighted by atomic mass is 16.6. The van der Waals surface area contributed by atoms with E-state index in [1.807, 2.05) is 0 Å². The fourth-order valence-corrected chi connectivity index (χ4v) is 1.58. The smallest absolute Gasteiger partial charge is 0.341 e. The van der Waals surface area contributed by atoms with Crippen molar-refractivity contribution in [2.75, 3.05) is 0 Å². The largest absolute Gasteiger partial charge is 0.477 e. The predicted octanol–water partition coefficient (Wildman–Crippen LogP) is 1.17. The summed E-state index contributed by atoms with van der Waals surface area (Å²) in [7, 11) is 0. The lowest BCUT2D eigenvalue weighted by atomic mass is 10.1. The molecule has 0 amide bonds. The van der Waals surface area contributed by atoms with E-state index in [-0.39, 0.29) is 17.8 Å². The van der Waals surface area contributed by atoms with Gasteiger partial charge in [0.25, 0.3) is 11.2 Å². The van der Waals surface area contributed by atoms with Crippen LogP contribution in [-0.2, 0) is 6.54 Å². The van der Waals surface area contributed by atoms with E-state index < -0.39 is 22.0 Å². The van der Waals surface area contributed by atoms with E-state index in [0.717, 1.165) is 10.8 Å². The van der Waals surface area contributed by atoms with Crippen LogP contribution in [0.4, 0.5) is 5.69 Å². The summed E-state index contributed by atoms with van der Waals surface area (Å²) in [5, 5.41) is 19.7. The lowest BCUT2D eigenvalue weighted by Gasteiger charge is -2.07. The number of aryl methyl sites for hydroxylation is 1. The van der Waals surface area contributed by atoms with Gasteiger partial charge in [-0.1, -0.05) is 6.92 Å². The van der Waals surface area contributed by atoms with E-state index in [9.17, 15) is 19.7 Å². The van der Waals surface area contributed by atoms with Gasteiger partial charge in [-0.2, -0.15) is 0 Å². The van der Waals surface area contributed by atoms with Crippen LogP contribution in [0.1, 0.15) is 29.3 Å². The molecular formula is C10H12N2O5. The predicted molar refractivity (Wildman–Crippen MR) is 59.3 cm³/mol. The fraction of sp³-hybridized carbons (Fsp3) is 0.400. The molecule has 0 saturated heterocycles. The summed E-state index contributed by atoms with van der Waals surface area (Å²) in [5.41, 5.74) is -1.70. The Morgan fingerprint density at radius 3 is 2.59 bits per heavy atom. The molecule has 0 aromatic carbocycles. The van der Waals surface area contributed by atoms with Gasteiger partial charge < -0.3 is 9.67 Å². The van der Waals surface area contributed by atoms with Crippen molar-refractivity contribution in [2.24, 2.45) is 0 Å². The summed E-state index contributed by atoms with van der Waals surface area (Å²) in [6.07, 6.45) is 1.67. The first-order valence-corrected chi connectivity index (χ1v) is 5.01. The Kier molecular flexibility index (Phi) is 3.62. The van der Waals surface area contributed by atoms with Crippen molar-refractivity contribution in [3.8, 4) is 0 Å². The number of nitrogens with zero attached hydrogens (tertiary/aromatic N) is 2. The molecule has 0 aliphatic carbocycles. The van der Waals surface area contributed by atoms with Gasteiger partial charge in [-0.05, 0) is 13.3 Å². The summed E-state index contributed by atoms with van der Waals surface area (Å²) in [4.78, 5) is 32.8. The molecule has 1 heterocycles. The van der Waals surface area contributed by atoms with Crippen molar-refractivity contribution in [3.05, 3.63) is 37.8 Å². The van der Waals surface area contributed by atoms with E-state index in [4.69, 9.17) is 5.11 Å². The van der Waals surface area contributed by atoms with E-state index in [0.29, 0.717) is 6.42 Å². The van der Waals surface area contributed by atoms with Crippen LogP contribution in [0.5, 0.6) is 0 Å². The minimum atomic E-state index is -1.44. The molecule has 0 aliphatic heterocycles. The van der Waals surface area contributed by atoms with Gasteiger partial charge in [-0.25, -0.2) is 4.79 Å². The van der Waals surface area contributed by atoms with E-state index in [1.54, 1.807) is 6.92 Å². The molecular weight excluding hydrogens is 228 g/mol. The Hall–Kier alpha value is -2.18. The minimum Gasteiger partial charge on any atom is -0.477 e. The van der Waals surface area contributed by atoms with Crippen molar-refractivity contribution < 1.29 is 14.8 Å². The highest BCUT2D eigenvalue weighted by Crippen LogP contribution is 2.18. The first kappa shape index (κ1) is 12.9. The normalized spacial score (nSPS) is 10.2. The molecule has 0 unspecified atom stereocenters. The number of hydrogen-bond donors (Lipinski definition) is 1. The van der Waals surface area contributed by atoms with Gasteiger partial charge in [0.15, 0.2) is 0 Å². The number of carboxylic acid groups (broad SMARTS) is 1. The Balaban J connectivity index is 3.63. The van der Waals surface area contributed by atoms with Gasteiger partial charge in [0.1, 0.15) is 5.56 Å². The number of pyridine rings is 1. The van der Waals surface area contributed by atoms with Gasteiger partial charge >= 0.3 is 5.97 Å². The number of aromatic carboxylic acids is 1. The SMILES string of the molecule is CCCn1cc([N+](=O)[O-])c(C)c(C(=O)O)c1=O. The Morgan fingerprint density at radius 2 is 2.18 bits per heavy atom. The quantitative estimate of drug-likeness (QED) is 0.628. The highest BCUT2D eigenvalue weighted by molar-refractivity contribution is 5.90. The summed E-state index contributed by atoms with van der Waals surface area (Å²) >= 11 is 0. The first-order valence-electron chi connectivity index (χ1n) is 5.01. The molecule has 0 aliphatic rings. The molecule has 0 saturated carbocycles. The molecule has 92 valence electrons. The summed E-state index contributed by atoms with van der Waals surface area (Å²) in [6.45, 7) is 3.30. The third-order valence-electron chi connectivity index (χ3n) is 2.39. The van der Waals surface area contributed by atoms with Gasteiger partial charge in [0.05, 0.1) is 11.1 Å². The lowest BCUT2D eigenvalue weighted by molar-refractivity contribution is -0.386. The summed E-state index contributed by atoms with van der Waals surface area (Å²) in [6, 6.07) is 0. The van der Waals surface area contributed by atoms with Crippen LogP contribution in [0, 0.1) is 17.0 Å². The summed E-state index contributed by atoms with van der Waals surface area (Å²) < 4.78 is 1.06. The number of nitro groups is 1. The van der Waals surface area contributed by atoms with Crippen molar-refractivity contribution in [3.63, 3.8) is 0 Å². The molecule has 0 bridgehead atoms. The maximum Gasteiger partial charge on any atom is 0.341 e. The number of aromatic nitrogens is 1. The number of carbonyl (C=O) groups is 1. The second-order valence-electron chi connectivity index (χ2n) is 3.58. The number of rotatable bonds is 4. The maximum absolute atomic E-state index is 11.8. The monoisotopic (exact) mass is 240 g/mol. The van der Waals surface area contributed by atoms with E-state index >= 15 is 0 Å². The van der Waals surface area contributed by atoms with Gasteiger partial charge in [0.2, 0.25) is 0 Å². The van der Waals surface area contributed by atoms with Crippen LogP contribution in [0.25, 0.3) is 0 Å².